The van der Waals surface area contributed by atoms with Gasteiger partial charge in [0.25, 0.3) is 0 Å². The molecule has 1 unspecified atom stereocenters. The first-order chi connectivity index (χ1) is 12.7. The highest BCUT2D eigenvalue weighted by molar-refractivity contribution is 5.95. The van der Waals surface area contributed by atoms with Crippen LogP contribution >= 0.6 is 0 Å². The second kappa shape index (κ2) is 8.86. The zero-order valence-electron chi connectivity index (χ0n) is 15.7. The molecule has 2 aromatic rings. The summed E-state index contributed by atoms with van der Waals surface area (Å²) in [6.07, 6.45) is 2.53. The molecule has 26 heavy (non-hydrogen) atoms. The fourth-order valence-electron chi connectivity index (χ4n) is 3.44. The van der Waals surface area contributed by atoms with E-state index in [1.54, 1.807) is 7.11 Å². The molecule has 0 radical (unpaired) electrons. The predicted molar refractivity (Wildman–Crippen MR) is 107 cm³/mol. The van der Waals surface area contributed by atoms with Gasteiger partial charge in [-0.1, -0.05) is 37.3 Å². The standard InChI is InChI=1S/C22H28N2O2/c1-17(16-26-2)15-23-20-11-9-18(10-12-20)14-22(25)24-13-5-7-19-6-3-4-8-21(19)24/h3-4,6,8-12,17,23H,5,7,13-16H2,1-2H3. The van der Waals surface area contributed by atoms with Gasteiger partial charge in [0.2, 0.25) is 5.91 Å². The molecule has 0 aromatic heterocycles. The van der Waals surface area contributed by atoms with Crippen LogP contribution in [0.3, 0.4) is 0 Å². The molecule has 0 aliphatic carbocycles. The first kappa shape index (κ1) is 18.5. The smallest absolute Gasteiger partial charge is 0.231 e. The first-order valence-corrected chi connectivity index (χ1v) is 9.37. The van der Waals surface area contributed by atoms with Crippen LogP contribution in [-0.4, -0.2) is 32.7 Å². The minimum absolute atomic E-state index is 0.173. The van der Waals surface area contributed by atoms with Crippen LogP contribution in [0.15, 0.2) is 48.5 Å². The minimum atomic E-state index is 0.173. The zero-order valence-corrected chi connectivity index (χ0v) is 15.7. The number of fused-ring (bicyclic) bond motifs is 1. The van der Waals surface area contributed by atoms with Crippen molar-refractivity contribution in [1.29, 1.82) is 0 Å². The Morgan fingerprint density at radius 3 is 2.73 bits per heavy atom. The Hall–Kier alpha value is -2.33. The molecule has 0 saturated carbocycles. The predicted octanol–water partition coefficient (Wildman–Crippen LogP) is 3.90. The lowest BCUT2D eigenvalue weighted by Gasteiger charge is -2.29. The van der Waals surface area contributed by atoms with E-state index in [9.17, 15) is 4.79 Å². The Bertz CT molecular complexity index is 727. The molecule has 3 rings (SSSR count). The van der Waals surface area contributed by atoms with Gasteiger partial charge in [-0.25, -0.2) is 0 Å². The molecule has 0 fully saturated rings. The quantitative estimate of drug-likeness (QED) is 0.822. The van der Waals surface area contributed by atoms with Crippen molar-refractivity contribution in [3.05, 3.63) is 59.7 Å². The number of carbonyl (C=O) groups excluding carboxylic acids is 1. The summed E-state index contributed by atoms with van der Waals surface area (Å²) in [6, 6.07) is 16.4. The number of benzene rings is 2. The van der Waals surface area contributed by atoms with Crippen LogP contribution in [-0.2, 0) is 22.4 Å². The van der Waals surface area contributed by atoms with Crippen molar-refractivity contribution in [3.63, 3.8) is 0 Å². The van der Waals surface area contributed by atoms with E-state index >= 15 is 0 Å². The van der Waals surface area contributed by atoms with Gasteiger partial charge in [0.1, 0.15) is 0 Å². The van der Waals surface area contributed by atoms with E-state index in [0.717, 1.165) is 49.5 Å². The van der Waals surface area contributed by atoms with Gasteiger partial charge in [-0.15, -0.1) is 0 Å². The molecule has 0 spiro atoms. The lowest BCUT2D eigenvalue weighted by molar-refractivity contribution is -0.118. The Kier molecular flexibility index (Phi) is 6.29. The summed E-state index contributed by atoms with van der Waals surface area (Å²) in [5, 5.41) is 3.41. The largest absolute Gasteiger partial charge is 0.385 e. The molecule has 1 aliphatic heterocycles. The van der Waals surface area contributed by atoms with Gasteiger partial charge in [-0.3, -0.25) is 4.79 Å². The van der Waals surface area contributed by atoms with Crippen molar-refractivity contribution in [2.75, 3.05) is 37.0 Å². The van der Waals surface area contributed by atoms with E-state index in [1.165, 1.54) is 5.56 Å². The number of nitrogens with zero attached hydrogens (tertiary/aromatic N) is 1. The Morgan fingerprint density at radius 2 is 1.96 bits per heavy atom. The van der Waals surface area contributed by atoms with Crippen molar-refractivity contribution in [2.45, 2.75) is 26.2 Å². The van der Waals surface area contributed by atoms with E-state index in [4.69, 9.17) is 4.74 Å². The van der Waals surface area contributed by atoms with Crippen molar-refractivity contribution >= 4 is 17.3 Å². The van der Waals surface area contributed by atoms with Gasteiger partial charge >= 0.3 is 0 Å². The van der Waals surface area contributed by atoms with E-state index < -0.39 is 0 Å². The highest BCUT2D eigenvalue weighted by Gasteiger charge is 2.22. The summed E-state index contributed by atoms with van der Waals surface area (Å²) in [5.74, 6) is 0.631. The summed E-state index contributed by atoms with van der Waals surface area (Å²) >= 11 is 0. The molecule has 1 N–H and O–H groups in total. The minimum Gasteiger partial charge on any atom is -0.385 e. The highest BCUT2D eigenvalue weighted by atomic mass is 16.5. The molecule has 2 aromatic carbocycles. The third kappa shape index (κ3) is 4.64. The summed E-state index contributed by atoms with van der Waals surface area (Å²) in [6.45, 7) is 4.58. The Balaban J connectivity index is 1.58. The average Bonchev–Trinajstić information content (AvgIpc) is 2.67. The lowest BCUT2D eigenvalue weighted by Crippen LogP contribution is -2.36. The number of aryl methyl sites for hydroxylation is 1. The molecule has 1 amide bonds. The maximum absolute atomic E-state index is 12.8. The summed E-state index contributed by atoms with van der Waals surface area (Å²) < 4.78 is 5.16. The number of methoxy groups -OCH3 is 1. The molecule has 1 atom stereocenters. The van der Waals surface area contributed by atoms with E-state index in [1.807, 2.05) is 41.3 Å². The van der Waals surface area contributed by atoms with Gasteiger partial charge in [0.05, 0.1) is 13.0 Å². The summed E-state index contributed by atoms with van der Waals surface area (Å²) in [5.41, 5.74) is 4.48. The first-order valence-electron chi connectivity index (χ1n) is 9.37. The molecule has 0 bridgehead atoms. The molecular formula is C22H28N2O2. The summed E-state index contributed by atoms with van der Waals surface area (Å²) in [7, 11) is 1.73. The molecular weight excluding hydrogens is 324 g/mol. The molecule has 1 heterocycles. The third-order valence-electron chi connectivity index (χ3n) is 4.83. The number of nitrogens with one attached hydrogen (secondary N) is 1. The number of rotatable bonds is 7. The van der Waals surface area contributed by atoms with Crippen LogP contribution in [0, 0.1) is 5.92 Å². The van der Waals surface area contributed by atoms with Gasteiger partial charge in [0.15, 0.2) is 0 Å². The SMILES string of the molecule is COCC(C)CNc1ccc(CC(=O)N2CCCc3ccccc32)cc1. The van der Waals surface area contributed by atoms with Crippen LogP contribution in [0.25, 0.3) is 0 Å². The van der Waals surface area contributed by atoms with Crippen LogP contribution in [0.1, 0.15) is 24.5 Å². The van der Waals surface area contributed by atoms with E-state index in [0.29, 0.717) is 12.3 Å². The summed E-state index contributed by atoms with van der Waals surface area (Å²) in [4.78, 5) is 14.7. The highest BCUT2D eigenvalue weighted by Crippen LogP contribution is 2.27. The van der Waals surface area contributed by atoms with E-state index in [-0.39, 0.29) is 5.91 Å². The number of ether oxygens (including phenoxy) is 1. The lowest BCUT2D eigenvalue weighted by atomic mass is 10.0. The van der Waals surface area contributed by atoms with Crippen LogP contribution in [0.5, 0.6) is 0 Å². The number of hydrogen-bond acceptors (Lipinski definition) is 3. The molecule has 0 saturated heterocycles. The van der Waals surface area contributed by atoms with Gasteiger partial charge in [-0.05, 0) is 48.1 Å². The molecule has 4 heteroatoms. The van der Waals surface area contributed by atoms with Gasteiger partial charge in [-0.2, -0.15) is 0 Å². The van der Waals surface area contributed by atoms with Gasteiger partial charge < -0.3 is 15.0 Å². The topological polar surface area (TPSA) is 41.6 Å². The molecule has 1 aliphatic rings. The second-order valence-corrected chi connectivity index (χ2v) is 7.09. The zero-order chi connectivity index (χ0) is 18.4. The Morgan fingerprint density at radius 1 is 1.19 bits per heavy atom. The number of anilines is 2. The fraction of sp³-hybridized carbons (Fsp3) is 0.409. The molecule has 138 valence electrons. The van der Waals surface area contributed by atoms with Crippen molar-refractivity contribution in [2.24, 2.45) is 5.92 Å². The monoisotopic (exact) mass is 352 g/mol. The maximum Gasteiger partial charge on any atom is 0.231 e. The van der Waals surface area contributed by atoms with Crippen LogP contribution in [0.4, 0.5) is 11.4 Å². The Labute approximate surface area is 156 Å². The fourth-order valence-corrected chi connectivity index (χ4v) is 3.44. The number of hydrogen-bond donors (Lipinski definition) is 1. The van der Waals surface area contributed by atoms with Gasteiger partial charge in [0, 0.05) is 31.6 Å². The molecule has 4 nitrogen and oxygen atoms in total. The van der Waals surface area contributed by atoms with Crippen molar-refractivity contribution < 1.29 is 9.53 Å². The maximum atomic E-state index is 12.8. The number of para-hydroxylation sites is 1. The normalized spacial score (nSPS) is 14.6. The third-order valence-corrected chi connectivity index (χ3v) is 4.83. The van der Waals surface area contributed by atoms with Crippen molar-refractivity contribution in [3.8, 4) is 0 Å². The number of amides is 1. The average molecular weight is 352 g/mol. The van der Waals surface area contributed by atoms with E-state index in [2.05, 4.69) is 24.4 Å². The van der Waals surface area contributed by atoms with Crippen molar-refractivity contribution in [1.82, 2.24) is 0 Å². The van der Waals surface area contributed by atoms with Crippen LogP contribution in [0.2, 0.25) is 0 Å². The van der Waals surface area contributed by atoms with Crippen LogP contribution < -0.4 is 10.2 Å². The number of carbonyl (C=O) groups is 1. The second-order valence-electron chi connectivity index (χ2n) is 7.09.